The van der Waals surface area contributed by atoms with Crippen LogP contribution in [0.1, 0.15) is 27.6 Å². The zero-order valence-corrected chi connectivity index (χ0v) is 14.7. The molecule has 0 bridgehead atoms. The van der Waals surface area contributed by atoms with Crippen LogP contribution < -0.4 is 10.6 Å². The van der Waals surface area contributed by atoms with E-state index < -0.39 is 5.91 Å². The van der Waals surface area contributed by atoms with Crippen LogP contribution in [0.2, 0.25) is 5.02 Å². The Morgan fingerprint density at radius 3 is 2.56 bits per heavy atom. The lowest BCUT2D eigenvalue weighted by Crippen LogP contribution is -2.15. The molecule has 2 aromatic heterocycles. The summed E-state index contributed by atoms with van der Waals surface area (Å²) < 4.78 is 4.93. The highest BCUT2D eigenvalue weighted by molar-refractivity contribution is 6.30. The summed E-state index contributed by atoms with van der Waals surface area (Å²) in [7, 11) is 0. The topological polar surface area (TPSA) is 92.9 Å². The second-order valence-corrected chi connectivity index (χ2v) is 5.98. The number of nitrogens with one attached hydrogen (secondary N) is 2. The molecule has 25 heavy (non-hydrogen) atoms. The number of anilines is 3. The number of rotatable bonds is 4. The van der Waals surface area contributed by atoms with Crippen molar-refractivity contribution < 1.29 is 9.32 Å². The molecule has 0 fully saturated rings. The molecule has 2 N–H and O–H groups in total. The predicted octanol–water partition coefficient (Wildman–Crippen LogP) is 4.04. The molecule has 0 radical (unpaired) electrons. The number of amides is 1. The Kier molecular flexibility index (Phi) is 4.67. The average Bonchev–Trinajstić information content (AvgIpc) is 2.94. The van der Waals surface area contributed by atoms with Gasteiger partial charge in [-0.15, -0.1) is 0 Å². The molecule has 3 rings (SSSR count). The highest BCUT2D eigenvalue weighted by Crippen LogP contribution is 2.23. The van der Waals surface area contributed by atoms with E-state index in [9.17, 15) is 4.79 Å². The zero-order chi connectivity index (χ0) is 18.0. The van der Waals surface area contributed by atoms with Crippen molar-refractivity contribution in [2.75, 3.05) is 10.6 Å². The van der Waals surface area contributed by atoms with Gasteiger partial charge in [0.2, 0.25) is 0 Å². The van der Waals surface area contributed by atoms with Gasteiger partial charge >= 0.3 is 0 Å². The summed E-state index contributed by atoms with van der Waals surface area (Å²) in [6.45, 7) is 5.40. The fourth-order valence-corrected chi connectivity index (χ4v) is 2.49. The Morgan fingerprint density at radius 2 is 1.88 bits per heavy atom. The fraction of sp³-hybridized carbons (Fsp3) is 0.176. The Morgan fingerprint density at radius 1 is 1.08 bits per heavy atom. The summed E-state index contributed by atoms with van der Waals surface area (Å²) in [4.78, 5) is 20.9. The lowest BCUT2D eigenvalue weighted by atomic mass is 10.2. The first-order chi connectivity index (χ1) is 11.9. The lowest BCUT2D eigenvalue weighted by molar-refractivity contribution is 0.102. The van der Waals surface area contributed by atoms with Gasteiger partial charge in [0.15, 0.2) is 5.82 Å². The first-order valence-corrected chi connectivity index (χ1v) is 7.92. The van der Waals surface area contributed by atoms with Crippen LogP contribution in [0, 0.1) is 20.8 Å². The molecule has 0 saturated heterocycles. The van der Waals surface area contributed by atoms with Gasteiger partial charge in [-0.2, -0.15) is 0 Å². The van der Waals surface area contributed by atoms with E-state index in [1.165, 1.54) is 0 Å². The van der Waals surface area contributed by atoms with Crippen molar-refractivity contribution in [1.29, 1.82) is 0 Å². The third-order valence-corrected chi connectivity index (χ3v) is 3.63. The van der Waals surface area contributed by atoms with Crippen molar-refractivity contribution in [2.45, 2.75) is 20.8 Å². The van der Waals surface area contributed by atoms with Crippen LogP contribution in [0.3, 0.4) is 0 Å². The highest BCUT2D eigenvalue weighted by atomic mass is 35.5. The van der Waals surface area contributed by atoms with E-state index in [1.807, 2.05) is 19.1 Å². The molecule has 7 nitrogen and oxygen atoms in total. The minimum Gasteiger partial charge on any atom is -0.360 e. The third kappa shape index (κ3) is 4.13. The standard InChI is InChI=1S/C17H16ClN5O2/c1-9-6-12(18)4-5-13(9)21-15-8-14(19-11(3)20-15)17(24)22-16-7-10(2)25-23-16/h4-8H,1-3H3,(H,19,20,21)(H,22,23,24). The van der Waals surface area contributed by atoms with E-state index in [-0.39, 0.29) is 5.69 Å². The van der Waals surface area contributed by atoms with Gasteiger partial charge < -0.3 is 15.2 Å². The second-order valence-electron chi connectivity index (χ2n) is 5.55. The van der Waals surface area contributed by atoms with Crippen LogP contribution in [0.25, 0.3) is 0 Å². The van der Waals surface area contributed by atoms with Gasteiger partial charge in [-0.1, -0.05) is 16.8 Å². The zero-order valence-electron chi connectivity index (χ0n) is 13.9. The molecule has 0 atom stereocenters. The van der Waals surface area contributed by atoms with Crippen molar-refractivity contribution in [3.63, 3.8) is 0 Å². The first-order valence-electron chi connectivity index (χ1n) is 7.54. The molecule has 0 spiro atoms. The van der Waals surface area contributed by atoms with Gasteiger partial charge in [-0.25, -0.2) is 9.97 Å². The molecule has 0 saturated carbocycles. The number of aryl methyl sites for hydroxylation is 3. The minimum atomic E-state index is -0.394. The summed E-state index contributed by atoms with van der Waals surface area (Å²) in [5, 5.41) is 10.2. The lowest BCUT2D eigenvalue weighted by Gasteiger charge is -2.11. The maximum Gasteiger partial charge on any atom is 0.275 e. The molecule has 0 aliphatic carbocycles. The Hall–Kier alpha value is -2.93. The smallest absolute Gasteiger partial charge is 0.275 e. The van der Waals surface area contributed by atoms with Gasteiger partial charge in [0.1, 0.15) is 23.1 Å². The van der Waals surface area contributed by atoms with Crippen LogP contribution in [-0.4, -0.2) is 21.0 Å². The Labute approximate surface area is 149 Å². The predicted molar refractivity (Wildman–Crippen MR) is 95.4 cm³/mol. The maximum atomic E-state index is 12.4. The largest absolute Gasteiger partial charge is 0.360 e. The van der Waals surface area contributed by atoms with E-state index in [0.29, 0.717) is 28.2 Å². The van der Waals surface area contributed by atoms with Crippen molar-refractivity contribution in [1.82, 2.24) is 15.1 Å². The number of hydrogen-bond acceptors (Lipinski definition) is 6. The van der Waals surface area contributed by atoms with Crippen LogP contribution in [0.5, 0.6) is 0 Å². The number of carbonyl (C=O) groups excluding carboxylic acids is 1. The second kappa shape index (κ2) is 6.90. The number of aromatic nitrogens is 3. The number of carbonyl (C=O) groups is 1. The van der Waals surface area contributed by atoms with Gasteiger partial charge in [0.25, 0.3) is 5.91 Å². The summed E-state index contributed by atoms with van der Waals surface area (Å²) in [6.07, 6.45) is 0. The van der Waals surface area contributed by atoms with Crippen LogP contribution in [0.4, 0.5) is 17.3 Å². The van der Waals surface area contributed by atoms with Gasteiger partial charge in [-0.3, -0.25) is 4.79 Å². The van der Waals surface area contributed by atoms with Crippen molar-refractivity contribution in [2.24, 2.45) is 0 Å². The highest BCUT2D eigenvalue weighted by Gasteiger charge is 2.13. The Balaban J connectivity index is 1.83. The molecule has 8 heteroatoms. The van der Waals surface area contributed by atoms with E-state index >= 15 is 0 Å². The summed E-state index contributed by atoms with van der Waals surface area (Å²) in [6, 6.07) is 8.68. The third-order valence-electron chi connectivity index (χ3n) is 3.39. The van der Waals surface area contributed by atoms with Gasteiger partial charge in [0.05, 0.1) is 0 Å². The molecule has 0 unspecified atom stereocenters. The molecule has 128 valence electrons. The number of halogens is 1. The summed E-state index contributed by atoms with van der Waals surface area (Å²) >= 11 is 5.97. The molecular weight excluding hydrogens is 342 g/mol. The van der Waals surface area contributed by atoms with Crippen LogP contribution in [-0.2, 0) is 0 Å². The minimum absolute atomic E-state index is 0.224. The summed E-state index contributed by atoms with van der Waals surface area (Å²) in [5.74, 6) is 1.53. The van der Waals surface area contributed by atoms with Crippen molar-refractivity contribution >= 4 is 34.8 Å². The first kappa shape index (κ1) is 16.9. The van der Waals surface area contributed by atoms with Crippen LogP contribution in [0.15, 0.2) is 34.9 Å². The van der Waals surface area contributed by atoms with Crippen molar-refractivity contribution in [3.05, 3.63) is 58.2 Å². The van der Waals surface area contributed by atoms with Gasteiger partial charge in [-0.05, 0) is 44.5 Å². The molecule has 0 aliphatic rings. The van der Waals surface area contributed by atoms with Crippen LogP contribution >= 0.6 is 11.6 Å². The molecule has 3 aromatic rings. The monoisotopic (exact) mass is 357 g/mol. The molecule has 2 heterocycles. The summed E-state index contributed by atoms with van der Waals surface area (Å²) in [5.41, 5.74) is 2.04. The normalized spacial score (nSPS) is 10.6. The maximum absolute atomic E-state index is 12.4. The van der Waals surface area contributed by atoms with E-state index in [0.717, 1.165) is 11.3 Å². The fourth-order valence-electron chi connectivity index (χ4n) is 2.26. The molecule has 1 aromatic carbocycles. The Bertz CT molecular complexity index is 939. The number of hydrogen-bond donors (Lipinski definition) is 2. The van der Waals surface area contributed by atoms with Gasteiger partial charge in [0, 0.05) is 22.8 Å². The number of benzene rings is 1. The number of nitrogens with zero attached hydrogens (tertiary/aromatic N) is 3. The van der Waals surface area contributed by atoms with E-state index in [1.54, 1.807) is 32.0 Å². The van der Waals surface area contributed by atoms with E-state index in [2.05, 4.69) is 25.8 Å². The molecule has 1 amide bonds. The molecule has 0 aliphatic heterocycles. The molecular formula is C17H16ClN5O2. The van der Waals surface area contributed by atoms with E-state index in [4.69, 9.17) is 16.1 Å². The average molecular weight is 358 g/mol. The quantitative estimate of drug-likeness (QED) is 0.732. The SMILES string of the molecule is Cc1nc(Nc2ccc(Cl)cc2C)cc(C(=O)Nc2cc(C)on2)n1. The van der Waals surface area contributed by atoms with Crippen molar-refractivity contribution in [3.8, 4) is 0 Å².